The molecule has 0 radical (unpaired) electrons. The fraction of sp³-hybridized carbons (Fsp3) is 0.278. The molecule has 118 valence electrons. The van der Waals surface area contributed by atoms with Crippen LogP contribution < -0.4 is 14.8 Å². The Hall–Kier alpha value is -2.53. The average molecular weight is 309 g/mol. The lowest BCUT2D eigenvalue weighted by molar-refractivity contribution is 0.171. The average Bonchev–Trinajstić information content (AvgIpc) is 3.08. The molecule has 23 heavy (non-hydrogen) atoms. The molecule has 1 N–H and O–H groups in total. The number of imidazole rings is 1. The fourth-order valence-electron chi connectivity index (χ4n) is 2.86. The van der Waals surface area contributed by atoms with Crippen molar-refractivity contribution in [3.05, 3.63) is 60.0 Å². The van der Waals surface area contributed by atoms with E-state index in [1.165, 1.54) is 11.3 Å². The molecule has 0 amide bonds. The molecule has 5 nitrogen and oxygen atoms in total. The lowest BCUT2D eigenvalue weighted by atomic mass is 10.1. The molecule has 1 aliphatic rings. The quantitative estimate of drug-likeness (QED) is 0.805. The van der Waals surface area contributed by atoms with Crippen molar-refractivity contribution >= 4 is 5.65 Å². The van der Waals surface area contributed by atoms with E-state index in [9.17, 15) is 0 Å². The van der Waals surface area contributed by atoms with Crippen LogP contribution in [0.1, 0.15) is 24.2 Å². The number of hydrogen-bond donors (Lipinski definition) is 1. The smallest absolute Gasteiger partial charge is 0.161 e. The molecule has 0 bridgehead atoms. The Morgan fingerprint density at radius 2 is 2.04 bits per heavy atom. The third-order valence-electron chi connectivity index (χ3n) is 4.17. The van der Waals surface area contributed by atoms with E-state index < -0.39 is 0 Å². The summed E-state index contributed by atoms with van der Waals surface area (Å²) in [5.74, 6) is 1.66. The highest BCUT2D eigenvalue weighted by atomic mass is 16.6. The molecule has 1 atom stereocenters. The molecule has 4 rings (SSSR count). The maximum Gasteiger partial charge on any atom is 0.161 e. The first-order chi connectivity index (χ1) is 11.3. The van der Waals surface area contributed by atoms with Gasteiger partial charge in [0.05, 0.1) is 0 Å². The predicted molar refractivity (Wildman–Crippen MR) is 87.9 cm³/mol. The van der Waals surface area contributed by atoms with E-state index in [0.29, 0.717) is 13.2 Å². The highest BCUT2D eigenvalue weighted by Crippen LogP contribution is 2.32. The second-order valence-corrected chi connectivity index (χ2v) is 5.68. The molecular formula is C18H19N3O2. The van der Waals surface area contributed by atoms with Crippen LogP contribution in [-0.2, 0) is 6.54 Å². The number of ether oxygens (including phenoxy) is 2. The molecule has 3 heterocycles. The summed E-state index contributed by atoms with van der Waals surface area (Å²) in [5.41, 5.74) is 3.34. The van der Waals surface area contributed by atoms with E-state index in [-0.39, 0.29) is 6.04 Å². The van der Waals surface area contributed by atoms with Crippen LogP contribution in [0.2, 0.25) is 0 Å². The second-order valence-electron chi connectivity index (χ2n) is 5.68. The number of hydrogen-bond acceptors (Lipinski definition) is 4. The molecule has 0 fully saturated rings. The van der Waals surface area contributed by atoms with Gasteiger partial charge in [0.15, 0.2) is 11.5 Å². The summed E-state index contributed by atoms with van der Waals surface area (Å²) in [6, 6.07) is 12.5. The standard InChI is InChI=1S/C18H19N3O2/c1-13(14-5-6-16-17(11-14)23-10-9-22-16)20-12-15-3-2-4-18-19-7-8-21(15)18/h2-8,11,13,20H,9-10,12H2,1H3. The summed E-state index contributed by atoms with van der Waals surface area (Å²) in [6.07, 6.45) is 3.81. The Kier molecular flexibility index (Phi) is 3.63. The molecule has 5 heteroatoms. The van der Waals surface area contributed by atoms with Crippen molar-refractivity contribution in [2.24, 2.45) is 0 Å². The van der Waals surface area contributed by atoms with Gasteiger partial charge in [0.25, 0.3) is 0 Å². The first-order valence-corrected chi connectivity index (χ1v) is 7.85. The van der Waals surface area contributed by atoms with Crippen molar-refractivity contribution in [1.82, 2.24) is 14.7 Å². The van der Waals surface area contributed by atoms with Gasteiger partial charge in [-0.15, -0.1) is 0 Å². The van der Waals surface area contributed by atoms with Gasteiger partial charge in [-0.05, 0) is 36.8 Å². The van der Waals surface area contributed by atoms with Gasteiger partial charge in [0, 0.05) is 30.7 Å². The minimum absolute atomic E-state index is 0.213. The summed E-state index contributed by atoms with van der Waals surface area (Å²) in [7, 11) is 0. The number of nitrogens with zero attached hydrogens (tertiary/aromatic N) is 2. The lowest BCUT2D eigenvalue weighted by Gasteiger charge is -2.21. The zero-order valence-electron chi connectivity index (χ0n) is 13.0. The number of pyridine rings is 1. The summed E-state index contributed by atoms with van der Waals surface area (Å²) < 4.78 is 13.3. The van der Waals surface area contributed by atoms with Gasteiger partial charge in [-0.25, -0.2) is 4.98 Å². The summed E-state index contributed by atoms with van der Waals surface area (Å²) in [6.45, 7) is 4.15. The van der Waals surface area contributed by atoms with Crippen LogP contribution >= 0.6 is 0 Å². The van der Waals surface area contributed by atoms with Crippen LogP contribution in [0.4, 0.5) is 0 Å². The molecule has 1 aliphatic heterocycles. The van der Waals surface area contributed by atoms with E-state index in [1.807, 2.05) is 30.6 Å². The summed E-state index contributed by atoms with van der Waals surface area (Å²) in [4.78, 5) is 4.32. The van der Waals surface area contributed by atoms with Gasteiger partial charge >= 0.3 is 0 Å². The van der Waals surface area contributed by atoms with Gasteiger partial charge < -0.3 is 19.2 Å². The van der Waals surface area contributed by atoms with Crippen molar-refractivity contribution in [3.63, 3.8) is 0 Å². The number of rotatable bonds is 4. The molecule has 1 unspecified atom stereocenters. The molecule has 0 saturated carbocycles. The Labute approximate surface area is 134 Å². The predicted octanol–water partition coefficient (Wildman–Crippen LogP) is 2.96. The molecular weight excluding hydrogens is 290 g/mol. The van der Waals surface area contributed by atoms with Crippen molar-refractivity contribution < 1.29 is 9.47 Å². The van der Waals surface area contributed by atoms with Gasteiger partial charge in [-0.3, -0.25) is 0 Å². The third-order valence-corrected chi connectivity index (χ3v) is 4.17. The number of nitrogens with one attached hydrogen (secondary N) is 1. The number of fused-ring (bicyclic) bond motifs is 2. The van der Waals surface area contributed by atoms with Crippen LogP contribution in [0.15, 0.2) is 48.8 Å². The zero-order valence-corrected chi connectivity index (χ0v) is 13.0. The highest BCUT2D eigenvalue weighted by molar-refractivity contribution is 5.44. The van der Waals surface area contributed by atoms with E-state index >= 15 is 0 Å². The molecule has 0 aliphatic carbocycles. The van der Waals surface area contributed by atoms with Crippen molar-refractivity contribution in [3.8, 4) is 11.5 Å². The van der Waals surface area contributed by atoms with E-state index in [1.54, 1.807) is 0 Å². The van der Waals surface area contributed by atoms with E-state index in [0.717, 1.165) is 23.7 Å². The zero-order chi connectivity index (χ0) is 15.6. The Bertz CT molecular complexity index is 828. The normalized spacial score (nSPS) is 14.8. The van der Waals surface area contributed by atoms with Crippen LogP contribution in [0.3, 0.4) is 0 Å². The molecule has 1 aromatic carbocycles. The highest BCUT2D eigenvalue weighted by Gasteiger charge is 2.14. The molecule has 2 aromatic heterocycles. The van der Waals surface area contributed by atoms with Crippen LogP contribution in [0.25, 0.3) is 5.65 Å². The first-order valence-electron chi connectivity index (χ1n) is 7.85. The largest absolute Gasteiger partial charge is 0.486 e. The van der Waals surface area contributed by atoms with Gasteiger partial charge in [-0.2, -0.15) is 0 Å². The van der Waals surface area contributed by atoms with Crippen molar-refractivity contribution in [2.75, 3.05) is 13.2 Å². The third kappa shape index (κ3) is 2.75. The minimum Gasteiger partial charge on any atom is -0.486 e. The van der Waals surface area contributed by atoms with Crippen molar-refractivity contribution in [1.29, 1.82) is 0 Å². The number of benzene rings is 1. The van der Waals surface area contributed by atoms with E-state index in [4.69, 9.17) is 9.47 Å². The van der Waals surface area contributed by atoms with Gasteiger partial charge in [0.1, 0.15) is 18.9 Å². The Morgan fingerprint density at radius 1 is 1.17 bits per heavy atom. The maximum atomic E-state index is 5.66. The van der Waals surface area contributed by atoms with Crippen LogP contribution in [0, 0.1) is 0 Å². The summed E-state index contributed by atoms with van der Waals surface area (Å²) >= 11 is 0. The summed E-state index contributed by atoms with van der Waals surface area (Å²) in [5, 5.41) is 3.56. The second kappa shape index (κ2) is 5.93. The first kappa shape index (κ1) is 14.1. The van der Waals surface area contributed by atoms with Crippen LogP contribution in [-0.4, -0.2) is 22.6 Å². The lowest BCUT2D eigenvalue weighted by Crippen LogP contribution is -2.20. The Balaban J connectivity index is 1.49. The number of aromatic nitrogens is 2. The molecule has 0 saturated heterocycles. The maximum absolute atomic E-state index is 5.66. The van der Waals surface area contributed by atoms with E-state index in [2.05, 4.69) is 39.8 Å². The monoisotopic (exact) mass is 309 g/mol. The fourth-order valence-corrected chi connectivity index (χ4v) is 2.86. The van der Waals surface area contributed by atoms with Crippen LogP contribution in [0.5, 0.6) is 11.5 Å². The SMILES string of the molecule is CC(NCc1cccc2nccn12)c1ccc2c(c1)OCCO2. The minimum atomic E-state index is 0.213. The molecule has 3 aromatic rings. The van der Waals surface area contributed by atoms with Crippen molar-refractivity contribution in [2.45, 2.75) is 19.5 Å². The topological polar surface area (TPSA) is 47.8 Å². The Morgan fingerprint density at radius 3 is 2.96 bits per heavy atom. The van der Waals surface area contributed by atoms with Gasteiger partial charge in [0.2, 0.25) is 0 Å². The molecule has 0 spiro atoms. The van der Waals surface area contributed by atoms with Gasteiger partial charge in [-0.1, -0.05) is 12.1 Å².